The number of nitrogens with zero attached hydrogens (tertiary/aromatic N) is 3. The van der Waals surface area contributed by atoms with Gasteiger partial charge in [-0.05, 0) is 89.0 Å². The molecule has 53 heavy (non-hydrogen) atoms. The Hall–Kier alpha value is -7.10. The molecule has 0 spiro atoms. The highest BCUT2D eigenvalue weighted by Crippen LogP contribution is 2.39. The third kappa shape index (κ3) is 4.61. The Morgan fingerprint density at radius 1 is 0.264 bits per heavy atom. The molecular weight excluding hydrogens is 643 g/mol. The molecule has 0 N–H and O–H groups in total. The van der Waals surface area contributed by atoms with Crippen molar-refractivity contribution in [3.05, 3.63) is 200 Å². The van der Waals surface area contributed by atoms with Crippen molar-refractivity contribution in [1.82, 2.24) is 13.7 Å². The number of hydrogen-bond donors (Lipinski definition) is 0. The molecule has 3 aromatic heterocycles. The van der Waals surface area contributed by atoms with E-state index in [0.29, 0.717) is 0 Å². The van der Waals surface area contributed by atoms with Gasteiger partial charge in [-0.25, -0.2) is 0 Å². The summed E-state index contributed by atoms with van der Waals surface area (Å²) >= 11 is 0. The molecule has 8 aromatic carbocycles. The number of para-hydroxylation sites is 2. The molecule has 0 atom stereocenters. The Bertz CT molecular complexity index is 3120. The molecule has 3 heteroatoms. The highest BCUT2D eigenvalue weighted by Gasteiger charge is 2.18. The largest absolute Gasteiger partial charge is 0.316 e. The van der Waals surface area contributed by atoms with Gasteiger partial charge in [-0.3, -0.25) is 0 Å². The van der Waals surface area contributed by atoms with Gasteiger partial charge in [-0.2, -0.15) is 0 Å². The molecule has 11 rings (SSSR count). The SMILES string of the molecule is c1ccc(-c2ccc(-n3ccc4c3ccc3c5ccccc5n(-c5ccc(-n6c7ccccc7c7ccc(-c8ccccc8)cc76)cc5)c34)cc2)cc1. The van der Waals surface area contributed by atoms with Gasteiger partial charge < -0.3 is 13.7 Å². The molecule has 3 heterocycles. The lowest BCUT2D eigenvalue weighted by molar-refractivity contribution is 1.13. The molecule has 248 valence electrons. The van der Waals surface area contributed by atoms with Crippen molar-refractivity contribution in [3.8, 4) is 39.3 Å². The fraction of sp³-hybridized carbons (Fsp3) is 0. The monoisotopic (exact) mass is 675 g/mol. The Labute approximate surface area is 306 Å². The van der Waals surface area contributed by atoms with E-state index in [-0.39, 0.29) is 0 Å². The predicted molar refractivity (Wildman–Crippen MR) is 223 cm³/mol. The number of hydrogen-bond acceptors (Lipinski definition) is 0. The second-order valence-corrected chi connectivity index (χ2v) is 13.8. The molecule has 0 saturated carbocycles. The average Bonchev–Trinajstić information content (AvgIpc) is 3.92. The van der Waals surface area contributed by atoms with Crippen LogP contribution in [0.3, 0.4) is 0 Å². The van der Waals surface area contributed by atoms with Crippen molar-refractivity contribution >= 4 is 54.5 Å². The number of fused-ring (bicyclic) bond motifs is 8. The van der Waals surface area contributed by atoms with Crippen LogP contribution in [0.5, 0.6) is 0 Å². The quantitative estimate of drug-likeness (QED) is 0.172. The highest BCUT2D eigenvalue weighted by molar-refractivity contribution is 6.18. The van der Waals surface area contributed by atoms with Gasteiger partial charge in [-0.1, -0.05) is 127 Å². The number of rotatable bonds is 5. The summed E-state index contributed by atoms with van der Waals surface area (Å²) in [6.45, 7) is 0. The topological polar surface area (TPSA) is 14.8 Å². The molecule has 0 radical (unpaired) electrons. The zero-order chi connectivity index (χ0) is 34.9. The van der Waals surface area contributed by atoms with Crippen LogP contribution in [0.2, 0.25) is 0 Å². The maximum atomic E-state index is 2.44. The lowest BCUT2D eigenvalue weighted by Gasteiger charge is -2.13. The molecule has 0 aliphatic rings. The minimum atomic E-state index is 1.14. The van der Waals surface area contributed by atoms with Crippen LogP contribution in [-0.4, -0.2) is 13.7 Å². The fourth-order valence-electron chi connectivity index (χ4n) is 8.42. The van der Waals surface area contributed by atoms with Gasteiger partial charge in [0.15, 0.2) is 0 Å². The third-order valence-corrected chi connectivity index (χ3v) is 10.9. The Kier molecular flexibility index (Phi) is 6.55. The second-order valence-electron chi connectivity index (χ2n) is 13.8. The van der Waals surface area contributed by atoms with E-state index in [1.165, 1.54) is 76.8 Å². The van der Waals surface area contributed by atoms with Gasteiger partial charge in [0, 0.05) is 50.2 Å². The first-order chi connectivity index (χ1) is 26.3. The van der Waals surface area contributed by atoms with Crippen LogP contribution < -0.4 is 0 Å². The molecular formula is C50H33N3. The van der Waals surface area contributed by atoms with E-state index in [4.69, 9.17) is 0 Å². The zero-order valence-electron chi connectivity index (χ0n) is 28.9. The van der Waals surface area contributed by atoms with E-state index in [9.17, 15) is 0 Å². The normalized spacial score (nSPS) is 11.8. The fourth-order valence-corrected chi connectivity index (χ4v) is 8.42. The number of aromatic nitrogens is 3. The summed E-state index contributed by atoms with van der Waals surface area (Å²) in [6, 6.07) is 70.4. The first-order valence-electron chi connectivity index (χ1n) is 18.2. The summed E-state index contributed by atoms with van der Waals surface area (Å²) in [7, 11) is 0. The van der Waals surface area contributed by atoms with Crippen molar-refractivity contribution in [3.63, 3.8) is 0 Å². The van der Waals surface area contributed by atoms with Crippen LogP contribution in [0, 0.1) is 0 Å². The minimum absolute atomic E-state index is 1.14. The smallest absolute Gasteiger partial charge is 0.0635 e. The molecule has 11 aromatic rings. The molecule has 0 amide bonds. The Morgan fingerprint density at radius 3 is 1.45 bits per heavy atom. The van der Waals surface area contributed by atoms with Gasteiger partial charge in [0.25, 0.3) is 0 Å². The second kappa shape index (κ2) is 11.7. The maximum Gasteiger partial charge on any atom is 0.0635 e. The van der Waals surface area contributed by atoms with Crippen LogP contribution >= 0.6 is 0 Å². The maximum absolute atomic E-state index is 2.44. The summed E-state index contributed by atoms with van der Waals surface area (Å²) < 4.78 is 7.16. The summed E-state index contributed by atoms with van der Waals surface area (Å²) in [6.07, 6.45) is 2.21. The molecule has 0 fully saturated rings. The Balaban J connectivity index is 1.06. The van der Waals surface area contributed by atoms with Crippen LogP contribution in [0.4, 0.5) is 0 Å². The summed E-state index contributed by atoms with van der Waals surface area (Å²) in [5.41, 5.74) is 14.3. The molecule has 0 aliphatic heterocycles. The van der Waals surface area contributed by atoms with Crippen LogP contribution in [-0.2, 0) is 0 Å². The van der Waals surface area contributed by atoms with Crippen molar-refractivity contribution in [1.29, 1.82) is 0 Å². The first-order valence-corrected chi connectivity index (χ1v) is 18.2. The van der Waals surface area contributed by atoms with Crippen molar-refractivity contribution in [2.24, 2.45) is 0 Å². The molecule has 0 aliphatic carbocycles. The van der Waals surface area contributed by atoms with Gasteiger partial charge in [0.05, 0.1) is 27.6 Å². The van der Waals surface area contributed by atoms with Crippen LogP contribution in [0.15, 0.2) is 200 Å². The lowest BCUT2D eigenvalue weighted by atomic mass is 10.0. The van der Waals surface area contributed by atoms with Crippen LogP contribution in [0.1, 0.15) is 0 Å². The minimum Gasteiger partial charge on any atom is -0.316 e. The van der Waals surface area contributed by atoms with Crippen LogP contribution in [0.25, 0.3) is 93.8 Å². The van der Waals surface area contributed by atoms with E-state index in [1.807, 2.05) is 0 Å². The van der Waals surface area contributed by atoms with E-state index in [0.717, 1.165) is 17.1 Å². The average molecular weight is 676 g/mol. The van der Waals surface area contributed by atoms with E-state index < -0.39 is 0 Å². The van der Waals surface area contributed by atoms with Crippen molar-refractivity contribution in [2.75, 3.05) is 0 Å². The van der Waals surface area contributed by atoms with Gasteiger partial charge >= 0.3 is 0 Å². The van der Waals surface area contributed by atoms with E-state index in [1.54, 1.807) is 0 Å². The van der Waals surface area contributed by atoms with E-state index in [2.05, 4.69) is 214 Å². The van der Waals surface area contributed by atoms with Crippen molar-refractivity contribution < 1.29 is 0 Å². The lowest BCUT2D eigenvalue weighted by Crippen LogP contribution is -1.98. The highest BCUT2D eigenvalue weighted by atomic mass is 15.0. The summed E-state index contributed by atoms with van der Waals surface area (Å²) in [5.74, 6) is 0. The first kappa shape index (κ1) is 29.6. The zero-order valence-corrected chi connectivity index (χ0v) is 28.9. The molecule has 0 bridgehead atoms. The van der Waals surface area contributed by atoms with Gasteiger partial charge in [0.2, 0.25) is 0 Å². The number of benzene rings is 8. The summed E-state index contributed by atoms with van der Waals surface area (Å²) in [4.78, 5) is 0. The molecule has 0 saturated heterocycles. The third-order valence-electron chi connectivity index (χ3n) is 10.9. The van der Waals surface area contributed by atoms with Gasteiger partial charge in [-0.15, -0.1) is 0 Å². The van der Waals surface area contributed by atoms with Gasteiger partial charge in [0.1, 0.15) is 0 Å². The standard InChI is InChI=1S/C50H33N3/c1-3-11-34(12-4-1)36-19-22-38(23-20-36)51-32-31-45-46(51)30-29-44-42-16-8-10-18-48(42)53(50(44)45)40-26-24-39(25-27-40)52-47-17-9-7-15-41(47)43-28-21-37(33-49(43)52)35-13-5-2-6-14-35/h1-33H. The van der Waals surface area contributed by atoms with Crippen molar-refractivity contribution in [2.45, 2.75) is 0 Å². The Morgan fingerprint density at radius 2 is 0.755 bits per heavy atom. The summed E-state index contributed by atoms with van der Waals surface area (Å²) in [5, 5.41) is 6.25. The van der Waals surface area contributed by atoms with E-state index >= 15 is 0 Å². The molecule has 3 nitrogen and oxygen atoms in total. The predicted octanol–water partition coefficient (Wildman–Crippen LogP) is 13.2. The molecule has 0 unspecified atom stereocenters.